The first-order chi connectivity index (χ1) is 13.7. The smallest absolute Gasteiger partial charge is 0.293 e. The highest BCUT2D eigenvalue weighted by Gasteiger charge is 2.23. The van der Waals surface area contributed by atoms with Gasteiger partial charge in [-0.3, -0.25) is 19.9 Å². The summed E-state index contributed by atoms with van der Waals surface area (Å²) in [6.45, 7) is 5.43. The molecule has 152 valence electrons. The predicted octanol–water partition coefficient (Wildman–Crippen LogP) is 3.30. The summed E-state index contributed by atoms with van der Waals surface area (Å²) in [7, 11) is -4.00. The van der Waals surface area contributed by atoms with Crippen LogP contribution >= 0.6 is 0 Å². The molecule has 0 spiro atoms. The quantitative estimate of drug-likeness (QED) is 0.396. The highest BCUT2D eigenvalue weighted by atomic mass is 32.2. The first kappa shape index (κ1) is 20.3. The molecule has 10 nitrogen and oxygen atoms in total. The SMILES string of the molecule is Cc1ccc(NS(=O)(=O)c2ccc(NC(C)c3ncn[nH]3)c([N+](=O)[O-])c2)c(C)c1. The van der Waals surface area contributed by atoms with Gasteiger partial charge in [0.25, 0.3) is 15.7 Å². The third kappa shape index (κ3) is 4.51. The summed E-state index contributed by atoms with van der Waals surface area (Å²) >= 11 is 0. The van der Waals surface area contributed by atoms with Crippen LogP contribution in [0.4, 0.5) is 17.1 Å². The molecular weight excluding hydrogens is 396 g/mol. The Balaban J connectivity index is 1.91. The molecular formula is C18H20N6O4S. The second-order valence-corrected chi connectivity index (χ2v) is 8.28. The van der Waals surface area contributed by atoms with Crippen LogP contribution in [0.3, 0.4) is 0 Å². The summed E-state index contributed by atoms with van der Waals surface area (Å²) in [5.74, 6) is 0.493. The number of nitrogens with one attached hydrogen (secondary N) is 3. The molecule has 0 fully saturated rings. The molecule has 11 heteroatoms. The van der Waals surface area contributed by atoms with Crippen molar-refractivity contribution >= 4 is 27.1 Å². The number of anilines is 2. The Bertz CT molecular complexity index is 1150. The van der Waals surface area contributed by atoms with E-state index in [1.165, 1.54) is 18.5 Å². The minimum absolute atomic E-state index is 0.171. The van der Waals surface area contributed by atoms with E-state index in [1.807, 2.05) is 13.0 Å². The molecule has 0 bridgehead atoms. The lowest BCUT2D eigenvalue weighted by Gasteiger charge is -2.14. The lowest BCUT2D eigenvalue weighted by Crippen LogP contribution is -2.15. The lowest BCUT2D eigenvalue weighted by molar-refractivity contribution is -0.384. The zero-order valence-corrected chi connectivity index (χ0v) is 16.8. The van der Waals surface area contributed by atoms with Crippen molar-refractivity contribution < 1.29 is 13.3 Å². The molecule has 2 aromatic carbocycles. The molecule has 29 heavy (non-hydrogen) atoms. The number of hydrogen-bond acceptors (Lipinski definition) is 7. The summed E-state index contributed by atoms with van der Waals surface area (Å²) in [4.78, 5) is 14.7. The summed E-state index contributed by atoms with van der Waals surface area (Å²) in [6.07, 6.45) is 1.33. The Morgan fingerprint density at radius 1 is 1.14 bits per heavy atom. The van der Waals surface area contributed by atoms with Gasteiger partial charge in [-0.15, -0.1) is 0 Å². The van der Waals surface area contributed by atoms with Crippen LogP contribution in [0.25, 0.3) is 0 Å². The van der Waals surface area contributed by atoms with E-state index in [0.717, 1.165) is 17.2 Å². The number of rotatable bonds is 7. The van der Waals surface area contributed by atoms with Crippen LogP contribution in [0.5, 0.6) is 0 Å². The first-order valence-corrected chi connectivity index (χ1v) is 10.2. The average Bonchev–Trinajstić information content (AvgIpc) is 3.19. The second-order valence-electron chi connectivity index (χ2n) is 6.60. The Hall–Kier alpha value is -3.47. The van der Waals surface area contributed by atoms with Crippen molar-refractivity contribution in [3.05, 3.63) is 69.8 Å². The van der Waals surface area contributed by atoms with Crippen LogP contribution in [0.2, 0.25) is 0 Å². The van der Waals surface area contributed by atoms with Gasteiger partial charge in [-0.2, -0.15) is 5.10 Å². The zero-order chi connectivity index (χ0) is 21.2. The van der Waals surface area contributed by atoms with E-state index in [-0.39, 0.29) is 16.3 Å². The summed E-state index contributed by atoms with van der Waals surface area (Å²) in [6, 6.07) is 8.60. The van der Waals surface area contributed by atoms with Gasteiger partial charge in [-0.25, -0.2) is 13.4 Å². The zero-order valence-electron chi connectivity index (χ0n) is 16.0. The Morgan fingerprint density at radius 2 is 1.86 bits per heavy atom. The van der Waals surface area contributed by atoms with E-state index in [0.29, 0.717) is 11.5 Å². The van der Waals surface area contributed by atoms with Crippen LogP contribution < -0.4 is 10.0 Å². The van der Waals surface area contributed by atoms with E-state index in [9.17, 15) is 18.5 Å². The fourth-order valence-electron chi connectivity index (χ4n) is 2.81. The van der Waals surface area contributed by atoms with Crippen LogP contribution in [-0.4, -0.2) is 28.5 Å². The molecule has 3 rings (SSSR count). The molecule has 1 aromatic heterocycles. The first-order valence-electron chi connectivity index (χ1n) is 8.67. The molecule has 0 radical (unpaired) electrons. The fourth-order valence-corrected chi connectivity index (χ4v) is 3.96. The summed E-state index contributed by atoms with van der Waals surface area (Å²) < 4.78 is 28.0. The van der Waals surface area contributed by atoms with Crippen molar-refractivity contribution in [2.24, 2.45) is 0 Å². The topological polar surface area (TPSA) is 143 Å². The van der Waals surface area contributed by atoms with Gasteiger partial charge in [0.15, 0.2) is 0 Å². The highest BCUT2D eigenvalue weighted by Crippen LogP contribution is 2.31. The number of sulfonamides is 1. The van der Waals surface area contributed by atoms with Gasteiger partial charge in [0.1, 0.15) is 17.8 Å². The molecule has 1 unspecified atom stereocenters. The number of aromatic amines is 1. The van der Waals surface area contributed by atoms with Crippen molar-refractivity contribution in [2.45, 2.75) is 31.7 Å². The normalized spacial score (nSPS) is 12.4. The number of hydrogen-bond donors (Lipinski definition) is 3. The maximum absolute atomic E-state index is 12.8. The number of nitrogens with zero attached hydrogens (tertiary/aromatic N) is 3. The van der Waals surface area contributed by atoms with Gasteiger partial charge >= 0.3 is 0 Å². The summed E-state index contributed by atoms with van der Waals surface area (Å²) in [5, 5.41) is 20.9. The monoisotopic (exact) mass is 416 g/mol. The van der Waals surface area contributed by atoms with Crippen molar-refractivity contribution in [1.82, 2.24) is 15.2 Å². The number of nitro groups is 1. The van der Waals surface area contributed by atoms with Gasteiger partial charge in [-0.05, 0) is 44.5 Å². The van der Waals surface area contributed by atoms with E-state index in [2.05, 4.69) is 25.2 Å². The molecule has 3 N–H and O–H groups in total. The van der Waals surface area contributed by atoms with E-state index in [1.54, 1.807) is 26.0 Å². The number of H-pyrrole nitrogens is 1. The van der Waals surface area contributed by atoms with Crippen LogP contribution in [0.15, 0.2) is 47.6 Å². The van der Waals surface area contributed by atoms with Crippen molar-refractivity contribution in [2.75, 3.05) is 10.0 Å². The Kier molecular flexibility index (Phi) is 5.50. The fraction of sp³-hybridized carbons (Fsp3) is 0.222. The molecule has 3 aromatic rings. The van der Waals surface area contributed by atoms with Crippen molar-refractivity contribution in [3.63, 3.8) is 0 Å². The second kappa shape index (κ2) is 7.87. The minimum atomic E-state index is -4.00. The maximum Gasteiger partial charge on any atom is 0.293 e. The third-order valence-corrected chi connectivity index (χ3v) is 5.68. The number of aryl methyl sites for hydroxylation is 2. The number of benzene rings is 2. The van der Waals surface area contributed by atoms with Crippen LogP contribution in [-0.2, 0) is 10.0 Å². The molecule has 0 aliphatic rings. The molecule has 1 atom stereocenters. The van der Waals surface area contributed by atoms with E-state index < -0.39 is 21.0 Å². The molecule has 0 saturated heterocycles. The molecule has 1 heterocycles. The van der Waals surface area contributed by atoms with Gasteiger partial charge in [0.05, 0.1) is 21.5 Å². The average molecular weight is 416 g/mol. The van der Waals surface area contributed by atoms with E-state index in [4.69, 9.17) is 0 Å². The molecule has 0 aliphatic heterocycles. The predicted molar refractivity (Wildman–Crippen MR) is 108 cm³/mol. The summed E-state index contributed by atoms with van der Waals surface area (Å²) in [5.41, 5.74) is 1.98. The highest BCUT2D eigenvalue weighted by molar-refractivity contribution is 7.92. The standard InChI is InChI=1S/C18H20N6O4S/c1-11-4-6-15(12(2)8-11)23-29(27,28)14-5-7-16(17(9-14)24(25)26)21-13(3)18-19-10-20-22-18/h4-10,13,21,23H,1-3H3,(H,19,20,22). The van der Waals surface area contributed by atoms with Gasteiger partial charge in [0.2, 0.25) is 0 Å². The van der Waals surface area contributed by atoms with Crippen LogP contribution in [0, 0.1) is 24.0 Å². The number of nitro benzene ring substituents is 1. The van der Waals surface area contributed by atoms with Gasteiger partial charge < -0.3 is 5.32 Å². The largest absolute Gasteiger partial charge is 0.370 e. The lowest BCUT2D eigenvalue weighted by atomic mass is 10.1. The van der Waals surface area contributed by atoms with E-state index >= 15 is 0 Å². The molecule has 0 saturated carbocycles. The third-order valence-electron chi connectivity index (χ3n) is 4.32. The van der Waals surface area contributed by atoms with Gasteiger partial charge in [0, 0.05) is 6.07 Å². The van der Waals surface area contributed by atoms with Gasteiger partial charge in [-0.1, -0.05) is 17.7 Å². The molecule has 0 aliphatic carbocycles. The molecule has 0 amide bonds. The van der Waals surface area contributed by atoms with Crippen molar-refractivity contribution in [1.29, 1.82) is 0 Å². The maximum atomic E-state index is 12.8. The van der Waals surface area contributed by atoms with Crippen molar-refractivity contribution in [3.8, 4) is 0 Å². The Morgan fingerprint density at radius 3 is 2.48 bits per heavy atom. The number of aromatic nitrogens is 3. The minimum Gasteiger partial charge on any atom is -0.370 e. The Labute approximate surface area is 167 Å². The van der Waals surface area contributed by atoms with Crippen LogP contribution in [0.1, 0.15) is 29.9 Å².